The summed E-state index contributed by atoms with van der Waals surface area (Å²) in [6, 6.07) is 0. The molecule has 2 saturated carbocycles. The molecule has 2 atom stereocenters. The van der Waals surface area contributed by atoms with E-state index in [0.717, 1.165) is 18.8 Å². The summed E-state index contributed by atoms with van der Waals surface area (Å²) in [5, 5.41) is 0. The molecule has 0 aromatic carbocycles. The molecule has 1 nitrogen and oxygen atoms in total. The van der Waals surface area contributed by atoms with Crippen molar-refractivity contribution in [2.24, 2.45) is 17.3 Å². The zero-order chi connectivity index (χ0) is 12.3. The standard InChI is InChI=1S/C16H28O/c1-3-16(9-5-10-16)11-8-15(17)14-7-4-6-13(2)12-14/h13-14H,3-12H2,1-2H3. The molecule has 2 fully saturated rings. The fourth-order valence-corrected chi connectivity index (χ4v) is 3.78. The third kappa shape index (κ3) is 3.11. The lowest BCUT2D eigenvalue weighted by molar-refractivity contribution is -0.125. The van der Waals surface area contributed by atoms with Gasteiger partial charge < -0.3 is 0 Å². The van der Waals surface area contributed by atoms with Gasteiger partial charge in [-0.3, -0.25) is 4.79 Å². The summed E-state index contributed by atoms with van der Waals surface area (Å²) in [6.07, 6.45) is 12.4. The van der Waals surface area contributed by atoms with Crippen molar-refractivity contribution in [3.63, 3.8) is 0 Å². The predicted molar refractivity (Wildman–Crippen MR) is 71.9 cm³/mol. The maximum absolute atomic E-state index is 12.2. The molecule has 0 radical (unpaired) electrons. The van der Waals surface area contributed by atoms with Gasteiger partial charge in [0.25, 0.3) is 0 Å². The third-order valence-corrected chi connectivity index (χ3v) is 5.46. The molecule has 2 unspecified atom stereocenters. The van der Waals surface area contributed by atoms with Crippen molar-refractivity contribution in [3.05, 3.63) is 0 Å². The van der Waals surface area contributed by atoms with Crippen molar-refractivity contribution < 1.29 is 4.79 Å². The summed E-state index contributed by atoms with van der Waals surface area (Å²) in [7, 11) is 0. The average Bonchev–Trinajstić information content (AvgIpc) is 2.28. The summed E-state index contributed by atoms with van der Waals surface area (Å²) in [4.78, 5) is 12.2. The van der Waals surface area contributed by atoms with Crippen molar-refractivity contribution in [2.45, 2.75) is 78.1 Å². The first-order valence-corrected chi connectivity index (χ1v) is 7.68. The second-order valence-corrected chi connectivity index (χ2v) is 6.64. The highest BCUT2D eigenvalue weighted by atomic mass is 16.1. The zero-order valence-corrected chi connectivity index (χ0v) is 11.6. The van der Waals surface area contributed by atoms with E-state index in [0.29, 0.717) is 17.1 Å². The minimum atomic E-state index is 0.410. The van der Waals surface area contributed by atoms with E-state index in [-0.39, 0.29) is 0 Å². The molecule has 0 aliphatic heterocycles. The fourth-order valence-electron chi connectivity index (χ4n) is 3.78. The Morgan fingerprint density at radius 2 is 2.00 bits per heavy atom. The second-order valence-electron chi connectivity index (χ2n) is 6.64. The number of rotatable bonds is 5. The van der Waals surface area contributed by atoms with Gasteiger partial charge in [-0.15, -0.1) is 0 Å². The highest BCUT2D eigenvalue weighted by Gasteiger charge is 2.36. The van der Waals surface area contributed by atoms with Gasteiger partial charge in [0.05, 0.1) is 0 Å². The zero-order valence-electron chi connectivity index (χ0n) is 11.6. The molecule has 17 heavy (non-hydrogen) atoms. The smallest absolute Gasteiger partial charge is 0.136 e. The molecule has 2 rings (SSSR count). The van der Waals surface area contributed by atoms with Crippen LogP contribution in [0.3, 0.4) is 0 Å². The van der Waals surface area contributed by atoms with Gasteiger partial charge in [-0.05, 0) is 43.4 Å². The number of ketones is 1. The molecule has 0 aromatic heterocycles. The Morgan fingerprint density at radius 3 is 2.53 bits per heavy atom. The van der Waals surface area contributed by atoms with Gasteiger partial charge in [0.1, 0.15) is 5.78 Å². The minimum absolute atomic E-state index is 0.410. The van der Waals surface area contributed by atoms with Crippen molar-refractivity contribution in [2.75, 3.05) is 0 Å². The molecule has 2 aliphatic carbocycles. The molecular weight excluding hydrogens is 208 g/mol. The van der Waals surface area contributed by atoms with Crippen LogP contribution in [-0.2, 0) is 4.79 Å². The number of carbonyl (C=O) groups is 1. The molecule has 0 heterocycles. The first-order chi connectivity index (χ1) is 8.15. The molecule has 0 saturated heterocycles. The van der Waals surface area contributed by atoms with E-state index >= 15 is 0 Å². The number of hydrogen-bond acceptors (Lipinski definition) is 1. The number of hydrogen-bond donors (Lipinski definition) is 0. The Hall–Kier alpha value is -0.330. The van der Waals surface area contributed by atoms with E-state index in [4.69, 9.17) is 0 Å². The highest BCUT2D eigenvalue weighted by Crippen LogP contribution is 2.47. The lowest BCUT2D eigenvalue weighted by Crippen LogP contribution is -2.30. The van der Waals surface area contributed by atoms with Crippen LogP contribution in [0.4, 0.5) is 0 Å². The van der Waals surface area contributed by atoms with Crippen molar-refractivity contribution in [3.8, 4) is 0 Å². The normalized spacial score (nSPS) is 31.9. The van der Waals surface area contributed by atoms with E-state index in [9.17, 15) is 4.79 Å². The lowest BCUT2D eigenvalue weighted by Gasteiger charge is -2.41. The summed E-state index contributed by atoms with van der Waals surface area (Å²) in [6.45, 7) is 4.60. The van der Waals surface area contributed by atoms with E-state index in [2.05, 4.69) is 13.8 Å². The molecule has 0 aromatic rings. The van der Waals surface area contributed by atoms with Gasteiger partial charge >= 0.3 is 0 Å². The maximum atomic E-state index is 12.2. The van der Waals surface area contributed by atoms with Gasteiger partial charge in [0, 0.05) is 12.3 Å². The predicted octanol–water partition coefficient (Wildman–Crippen LogP) is 4.74. The maximum Gasteiger partial charge on any atom is 0.136 e. The Morgan fingerprint density at radius 1 is 1.24 bits per heavy atom. The summed E-state index contributed by atoms with van der Waals surface area (Å²) in [5.74, 6) is 1.77. The second kappa shape index (κ2) is 5.54. The first-order valence-electron chi connectivity index (χ1n) is 7.68. The topological polar surface area (TPSA) is 17.1 Å². The molecule has 0 spiro atoms. The van der Waals surface area contributed by atoms with Crippen molar-refractivity contribution >= 4 is 5.78 Å². The van der Waals surface area contributed by atoms with E-state index < -0.39 is 0 Å². The van der Waals surface area contributed by atoms with Crippen LogP contribution in [0.5, 0.6) is 0 Å². The Labute approximate surface area is 106 Å². The SMILES string of the molecule is CCC1(CCC(=O)C2CCCC(C)C2)CCC1. The van der Waals surface area contributed by atoms with Crippen LogP contribution in [0.1, 0.15) is 78.1 Å². The molecule has 0 amide bonds. The quantitative estimate of drug-likeness (QED) is 0.673. The van der Waals surface area contributed by atoms with Crippen molar-refractivity contribution in [1.29, 1.82) is 0 Å². The van der Waals surface area contributed by atoms with Crippen LogP contribution in [0.15, 0.2) is 0 Å². The van der Waals surface area contributed by atoms with Gasteiger partial charge in [0.15, 0.2) is 0 Å². The monoisotopic (exact) mass is 236 g/mol. The molecule has 0 N–H and O–H groups in total. The average molecular weight is 236 g/mol. The molecular formula is C16H28O. The van der Waals surface area contributed by atoms with Crippen LogP contribution >= 0.6 is 0 Å². The Balaban J connectivity index is 1.76. The summed E-state index contributed by atoms with van der Waals surface area (Å²) >= 11 is 0. The van der Waals surface area contributed by atoms with Crippen LogP contribution in [-0.4, -0.2) is 5.78 Å². The largest absolute Gasteiger partial charge is 0.299 e. The molecule has 2 aliphatic rings. The molecule has 0 bridgehead atoms. The van der Waals surface area contributed by atoms with E-state index in [1.165, 1.54) is 51.4 Å². The Kier molecular flexibility index (Phi) is 4.27. The summed E-state index contributed by atoms with van der Waals surface area (Å²) in [5.41, 5.74) is 0.565. The van der Waals surface area contributed by atoms with Gasteiger partial charge in [-0.1, -0.05) is 39.5 Å². The highest BCUT2D eigenvalue weighted by molar-refractivity contribution is 5.81. The van der Waals surface area contributed by atoms with Crippen LogP contribution in [0.2, 0.25) is 0 Å². The van der Waals surface area contributed by atoms with Crippen LogP contribution < -0.4 is 0 Å². The number of carbonyl (C=O) groups excluding carboxylic acids is 1. The fraction of sp³-hybridized carbons (Fsp3) is 0.938. The number of Topliss-reactive ketones (excluding diaryl/α,β-unsaturated/α-hetero) is 1. The molecule has 1 heteroatoms. The third-order valence-electron chi connectivity index (χ3n) is 5.46. The van der Waals surface area contributed by atoms with Crippen LogP contribution in [0.25, 0.3) is 0 Å². The molecule has 98 valence electrons. The summed E-state index contributed by atoms with van der Waals surface area (Å²) < 4.78 is 0. The first kappa shape index (κ1) is 13.1. The van der Waals surface area contributed by atoms with Gasteiger partial charge in [-0.25, -0.2) is 0 Å². The minimum Gasteiger partial charge on any atom is -0.299 e. The lowest BCUT2D eigenvalue weighted by atomic mass is 9.64. The van der Waals surface area contributed by atoms with Gasteiger partial charge in [0.2, 0.25) is 0 Å². The van der Waals surface area contributed by atoms with E-state index in [1.807, 2.05) is 0 Å². The van der Waals surface area contributed by atoms with E-state index in [1.54, 1.807) is 0 Å². The van der Waals surface area contributed by atoms with Gasteiger partial charge in [-0.2, -0.15) is 0 Å². The van der Waals surface area contributed by atoms with Crippen molar-refractivity contribution in [1.82, 2.24) is 0 Å². The van der Waals surface area contributed by atoms with Crippen LogP contribution in [0, 0.1) is 17.3 Å². The Bertz CT molecular complexity index is 259.